The van der Waals surface area contributed by atoms with E-state index < -0.39 is 0 Å². The number of thiocarbonyl (C=S) groups is 1. The van der Waals surface area contributed by atoms with Crippen molar-refractivity contribution in [2.75, 3.05) is 0 Å². The summed E-state index contributed by atoms with van der Waals surface area (Å²) in [5, 5.41) is 0.645. The average Bonchev–Trinajstić information content (AvgIpc) is 2.26. The number of hydrogen-bond acceptors (Lipinski definition) is 2. The summed E-state index contributed by atoms with van der Waals surface area (Å²) in [6.07, 6.45) is 3.66. The van der Waals surface area contributed by atoms with Gasteiger partial charge in [0.25, 0.3) is 0 Å². The summed E-state index contributed by atoms with van der Waals surface area (Å²) in [5.74, 6) is 2.11. The average molecular weight is 298 g/mol. The van der Waals surface area contributed by atoms with Gasteiger partial charge in [-0.05, 0) is 49.3 Å². The van der Waals surface area contributed by atoms with Gasteiger partial charge in [0.15, 0.2) is 0 Å². The van der Waals surface area contributed by atoms with Crippen LogP contribution in [-0.4, -0.2) is 11.1 Å². The van der Waals surface area contributed by atoms with Crippen LogP contribution in [0.5, 0.6) is 5.75 Å². The fourth-order valence-corrected chi connectivity index (χ4v) is 3.28. The van der Waals surface area contributed by atoms with Gasteiger partial charge in [-0.3, -0.25) is 0 Å². The number of ether oxygens (including phenoxy) is 1. The molecule has 2 rings (SSSR count). The predicted octanol–water partition coefficient (Wildman–Crippen LogP) is 4.18. The van der Waals surface area contributed by atoms with Gasteiger partial charge in [-0.25, -0.2) is 0 Å². The van der Waals surface area contributed by atoms with Crippen molar-refractivity contribution in [3.63, 3.8) is 0 Å². The summed E-state index contributed by atoms with van der Waals surface area (Å²) in [4.78, 5) is 0.351. The van der Waals surface area contributed by atoms with Crippen LogP contribution in [-0.2, 0) is 0 Å². The van der Waals surface area contributed by atoms with E-state index in [1.165, 1.54) is 6.42 Å². The van der Waals surface area contributed by atoms with E-state index in [-0.39, 0.29) is 6.10 Å². The second-order valence-electron chi connectivity index (χ2n) is 5.66. The zero-order chi connectivity index (χ0) is 14.0. The molecule has 104 valence electrons. The minimum atomic E-state index is 0.227. The van der Waals surface area contributed by atoms with Crippen LogP contribution < -0.4 is 10.5 Å². The summed E-state index contributed by atoms with van der Waals surface area (Å²) in [6.45, 7) is 4.55. The lowest BCUT2D eigenvalue weighted by molar-refractivity contribution is 0.101. The molecule has 19 heavy (non-hydrogen) atoms. The summed E-state index contributed by atoms with van der Waals surface area (Å²) >= 11 is 11.1. The lowest BCUT2D eigenvalue weighted by Gasteiger charge is -2.32. The molecule has 1 fully saturated rings. The number of benzene rings is 1. The van der Waals surface area contributed by atoms with E-state index in [0.717, 1.165) is 18.4 Å². The third-order valence-corrected chi connectivity index (χ3v) is 4.09. The smallest absolute Gasteiger partial charge is 0.131 e. The Morgan fingerprint density at radius 1 is 1.26 bits per heavy atom. The van der Waals surface area contributed by atoms with E-state index in [9.17, 15) is 0 Å². The van der Waals surface area contributed by atoms with Crippen molar-refractivity contribution in [3.05, 3.63) is 28.8 Å². The maximum absolute atomic E-state index is 6.12. The third kappa shape index (κ3) is 3.83. The molecular weight excluding hydrogens is 278 g/mol. The molecule has 2 nitrogen and oxygen atoms in total. The normalized spacial score (nSPS) is 27.0. The van der Waals surface area contributed by atoms with Gasteiger partial charge in [0.2, 0.25) is 0 Å². The maximum Gasteiger partial charge on any atom is 0.131 e. The first-order chi connectivity index (χ1) is 8.95. The Hall–Kier alpha value is -0.800. The van der Waals surface area contributed by atoms with Gasteiger partial charge in [-0.15, -0.1) is 0 Å². The van der Waals surface area contributed by atoms with E-state index >= 15 is 0 Å². The summed E-state index contributed by atoms with van der Waals surface area (Å²) in [6, 6.07) is 5.42. The molecule has 2 N–H and O–H groups in total. The quantitative estimate of drug-likeness (QED) is 0.850. The lowest BCUT2D eigenvalue weighted by atomic mass is 9.82. The van der Waals surface area contributed by atoms with Crippen LogP contribution in [0.25, 0.3) is 0 Å². The summed E-state index contributed by atoms with van der Waals surface area (Å²) < 4.78 is 6.12. The zero-order valence-electron chi connectivity index (χ0n) is 11.4. The highest BCUT2D eigenvalue weighted by Gasteiger charge is 2.26. The van der Waals surface area contributed by atoms with Gasteiger partial charge >= 0.3 is 0 Å². The predicted molar refractivity (Wildman–Crippen MR) is 83.9 cm³/mol. The van der Waals surface area contributed by atoms with Crippen molar-refractivity contribution < 1.29 is 4.74 Å². The lowest BCUT2D eigenvalue weighted by Crippen LogP contribution is -2.29. The van der Waals surface area contributed by atoms with Crippen LogP contribution in [0.1, 0.15) is 38.7 Å². The molecular formula is C15H20ClNOS. The second-order valence-corrected chi connectivity index (χ2v) is 6.54. The fraction of sp³-hybridized carbons (Fsp3) is 0.533. The standard InChI is InChI=1S/C15H20ClNOS/c1-9-5-10(2)7-12(6-9)18-14-8-11(16)3-4-13(14)15(17)19/h3-4,8-10,12H,5-7H2,1-2H3,(H2,17,19). The van der Waals surface area contributed by atoms with E-state index in [2.05, 4.69) is 13.8 Å². The molecule has 2 atom stereocenters. The van der Waals surface area contributed by atoms with E-state index in [1.807, 2.05) is 6.07 Å². The monoisotopic (exact) mass is 297 g/mol. The fourth-order valence-electron chi connectivity index (χ4n) is 2.95. The Balaban J connectivity index is 2.18. The molecule has 4 heteroatoms. The number of rotatable bonds is 3. The summed E-state index contributed by atoms with van der Waals surface area (Å²) in [5.41, 5.74) is 6.50. The Bertz CT molecular complexity index is 467. The van der Waals surface area contributed by atoms with Crippen LogP contribution in [0.3, 0.4) is 0 Å². The number of nitrogens with two attached hydrogens (primary N) is 1. The van der Waals surface area contributed by atoms with Crippen LogP contribution in [0.2, 0.25) is 5.02 Å². The van der Waals surface area contributed by atoms with Crippen molar-refractivity contribution in [1.29, 1.82) is 0 Å². The van der Waals surface area contributed by atoms with Gasteiger partial charge in [-0.2, -0.15) is 0 Å². The maximum atomic E-state index is 6.12. The third-order valence-electron chi connectivity index (χ3n) is 3.64. The molecule has 2 unspecified atom stereocenters. The summed E-state index contributed by atoms with van der Waals surface area (Å²) in [7, 11) is 0. The molecule has 0 spiro atoms. The van der Waals surface area contributed by atoms with Crippen molar-refractivity contribution in [2.24, 2.45) is 17.6 Å². The van der Waals surface area contributed by atoms with E-state index in [0.29, 0.717) is 27.6 Å². The van der Waals surface area contributed by atoms with E-state index in [4.69, 9.17) is 34.3 Å². The molecule has 0 aliphatic heterocycles. The van der Waals surface area contributed by atoms with Crippen molar-refractivity contribution in [3.8, 4) is 5.75 Å². The first kappa shape index (κ1) is 14.6. The Morgan fingerprint density at radius 2 is 1.89 bits per heavy atom. The van der Waals surface area contributed by atoms with Crippen molar-refractivity contribution in [2.45, 2.75) is 39.2 Å². The van der Waals surface area contributed by atoms with Crippen LogP contribution >= 0.6 is 23.8 Å². The first-order valence-electron chi connectivity index (χ1n) is 6.71. The van der Waals surface area contributed by atoms with Gasteiger partial charge < -0.3 is 10.5 Å². The molecule has 1 aromatic rings. The molecule has 0 saturated heterocycles. The molecule has 1 saturated carbocycles. The number of halogens is 1. The molecule has 0 radical (unpaired) electrons. The second kappa shape index (κ2) is 6.10. The molecule has 0 heterocycles. The zero-order valence-corrected chi connectivity index (χ0v) is 12.9. The van der Waals surface area contributed by atoms with Crippen molar-refractivity contribution in [1.82, 2.24) is 0 Å². The molecule has 1 aliphatic rings. The largest absolute Gasteiger partial charge is 0.490 e. The Morgan fingerprint density at radius 3 is 2.47 bits per heavy atom. The molecule has 0 amide bonds. The van der Waals surface area contributed by atoms with E-state index in [1.54, 1.807) is 12.1 Å². The van der Waals surface area contributed by atoms with Crippen LogP contribution in [0.4, 0.5) is 0 Å². The highest BCUT2D eigenvalue weighted by Crippen LogP contribution is 2.33. The number of hydrogen-bond donors (Lipinski definition) is 1. The highest BCUT2D eigenvalue weighted by atomic mass is 35.5. The molecule has 0 bridgehead atoms. The van der Waals surface area contributed by atoms with Crippen molar-refractivity contribution >= 4 is 28.8 Å². The first-order valence-corrected chi connectivity index (χ1v) is 7.50. The topological polar surface area (TPSA) is 35.2 Å². The Labute approximate surface area is 125 Å². The minimum Gasteiger partial charge on any atom is -0.490 e. The van der Waals surface area contributed by atoms with Gasteiger partial charge in [0.05, 0.1) is 11.7 Å². The minimum absolute atomic E-state index is 0.227. The molecule has 1 aromatic carbocycles. The Kier molecular flexibility index (Phi) is 4.69. The highest BCUT2D eigenvalue weighted by molar-refractivity contribution is 7.80. The van der Waals surface area contributed by atoms with Gasteiger partial charge in [-0.1, -0.05) is 37.7 Å². The van der Waals surface area contributed by atoms with Crippen LogP contribution in [0.15, 0.2) is 18.2 Å². The molecule has 1 aliphatic carbocycles. The molecule has 0 aromatic heterocycles. The van der Waals surface area contributed by atoms with Gasteiger partial charge in [0, 0.05) is 5.02 Å². The van der Waals surface area contributed by atoms with Crippen LogP contribution in [0, 0.1) is 11.8 Å². The SMILES string of the molecule is CC1CC(C)CC(Oc2cc(Cl)ccc2C(N)=S)C1. The van der Waals surface area contributed by atoms with Gasteiger partial charge in [0.1, 0.15) is 10.7 Å².